The van der Waals surface area contributed by atoms with E-state index in [1.54, 1.807) is 7.11 Å². The van der Waals surface area contributed by atoms with Crippen LogP contribution in [-0.4, -0.2) is 44.3 Å². The average molecular weight is 186 g/mol. The molecule has 1 aliphatic rings. The maximum Gasteiger partial charge on any atom is 0.0630 e. The minimum atomic E-state index is 0.432. The summed E-state index contributed by atoms with van der Waals surface area (Å²) in [7, 11) is 1.75. The van der Waals surface area contributed by atoms with E-state index < -0.39 is 0 Å². The van der Waals surface area contributed by atoms with Gasteiger partial charge in [-0.1, -0.05) is 13.3 Å². The van der Waals surface area contributed by atoms with Crippen molar-refractivity contribution < 1.29 is 4.74 Å². The van der Waals surface area contributed by atoms with E-state index in [0.29, 0.717) is 12.6 Å². The lowest BCUT2D eigenvalue weighted by Gasteiger charge is -2.25. The lowest BCUT2D eigenvalue weighted by Crippen LogP contribution is -2.42. The van der Waals surface area contributed by atoms with Crippen molar-refractivity contribution in [3.8, 4) is 0 Å². The van der Waals surface area contributed by atoms with Crippen LogP contribution in [0.4, 0.5) is 0 Å². The third kappa shape index (κ3) is 2.93. The molecule has 2 N–H and O–H groups in total. The molecule has 0 amide bonds. The molecule has 13 heavy (non-hydrogen) atoms. The molecule has 78 valence electrons. The van der Waals surface area contributed by atoms with Gasteiger partial charge in [-0.15, -0.1) is 0 Å². The van der Waals surface area contributed by atoms with Crippen molar-refractivity contribution in [3.63, 3.8) is 0 Å². The summed E-state index contributed by atoms with van der Waals surface area (Å²) in [5.74, 6) is 0.880. The number of nitrogens with two attached hydrogens (primary N) is 1. The van der Waals surface area contributed by atoms with Gasteiger partial charge in [0.1, 0.15) is 0 Å². The Kier molecular flexibility index (Phi) is 4.70. The summed E-state index contributed by atoms with van der Waals surface area (Å²) >= 11 is 0. The Bertz CT molecular complexity index is 141. The van der Waals surface area contributed by atoms with Gasteiger partial charge < -0.3 is 10.5 Å². The van der Waals surface area contributed by atoms with Gasteiger partial charge in [0.25, 0.3) is 0 Å². The van der Waals surface area contributed by atoms with E-state index >= 15 is 0 Å². The van der Waals surface area contributed by atoms with Crippen LogP contribution in [0.5, 0.6) is 0 Å². The molecule has 0 bridgehead atoms. The monoisotopic (exact) mass is 186 g/mol. The molecule has 0 aromatic heterocycles. The molecular formula is C10H22N2O. The highest BCUT2D eigenvalue weighted by molar-refractivity contribution is 4.81. The van der Waals surface area contributed by atoms with Crippen LogP contribution in [0.1, 0.15) is 19.8 Å². The third-order valence-corrected chi connectivity index (χ3v) is 3.04. The van der Waals surface area contributed by atoms with Gasteiger partial charge in [0.05, 0.1) is 6.61 Å². The Hall–Kier alpha value is -0.120. The molecule has 0 radical (unpaired) electrons. The zero-order chi connectivity index (χ0) is 9.68. The molecule has 0 spiro atoms. The van der Waals surface area contributed by atoms with Crippen molar-refractivity contribution in [2.24, 2.45) is 11.7 Å². The predicted octanol–water partition coefficient (Wildman–Crippen LogP) is 0.692. The summed E-state index contributed by atoms with van der Waals surface area (Å²) in [6, 6.07) is 0.432. The average Bonchev–Trinajstić information content (AvgIpc) is 2.62. The second-order valence-electron chi connectivity index (χ2n) is 3.90. The minimum Gasteiger partial charge on any atom is -0.383 e. The van der Waals surface area contributed by atoms with Crippen molar-refractivity contribution in [1.29, 1.82) is 0 Å². The molecule has 3 heteroatoms. The Balaban J connectivity index is 2.33. The number of ether oxygens (including phenoxy) is 1. The Morgan fingerprint density at radius 3 is 2.85 bits per heavy atom. The summed E-state index contributed by atoms with van der Waals surface area (Å²) in [5.41, 5.74) is 5.70. The summed E-state index contributed by atoms with van der Waals surface area (Å²) in [5, 5.41) is 0. The van der Waals surface area contributed by atoms with Crippen molar-refractivity contribution in [2.75, 3.05) is 33.4 Å². The highest BCUT2D eigenvalue weighted by Crippen LogP contribution is 2.20. The molecule has 2 unspecified atom stereocenters. The normalized spacial score (nSPS) is 26.5. The van der Waals surface area contributed by atoms with Crippen molar-refractivity contribution in [1.82, 2.24) is 4.90 Å². The largest absolute Gasteiger partial charge is 0.383 e. The number of hydrogen-bond acceptors (Lipinski definition) is 3. The third-order valence-electron chi connectivity index (χ3n) is 3.04. The van der Waals surface area contributed by atoms with Crippen LogP contribution in [0.3, 0.4) is 0 Å². The summed E-state index contributed by atoms with van der Waals surface area (Å²) in [4.78, 5) is 2.47. The topological polar surface area (TPSA) is 38.5 Å². The first-order chi connectivity index (χ1) is 6.31. The first-order valence-electron chi connectivity index (χ1n) is 5.24. The fourth-order valence-corrected chi connectivity index (χ4v) is 2.04. The van der Waals surface area contributed by atoms with Gasteiger partial charge in [0.15, 0.2) is 0 Å². The van der Waals surface area contributed by atoms with Crippen LogP contribution in [0.15, 0.2) is 0 Å². The number of nitrogens with zero attached hydrogens (tertiary/aromatic N) is 1. The fraction of sp³-hybridized carbons (Fsp3) is 1.00. The number of hydrogen-bond donors (Lipinski definition) is 1. The highest BCUT2D eigenvalue weighted by Gasteiger charge is 2.26. The molecule has 0 saturated carbocycles. The van der Waals surface area contributed by atoms with Crippen molar-refractivity contribution in [2.45, 2.75) is 25.8 Å². The van der Waals surface area contributed by atoms with Gasteiger partial charge in [-0.2, -0.15) is 0 Å². The van der Waals surface area contributed by atoms with E-state index in [2.05, 4.69) is 11.8 Å². The highest BCUT2D eigenvalue weighted by atomic mass is 16.5. The Labute approximate surface area is 81.2 Å². The first kappa shape index (κ1) is 11.0. The summed E-state index contributed by atoms with van der Waals surface area (Å²) < 4.78 is 5.15. The number of methoxy groups -OCH3 is 1. The SMILES string of the molecule is CCC1CCN(C(CN)COC)C1. The molecule has 1 saturated heterocycles. The van der Waals surface area contributed by atoms with E-state index in [1.165, 1.54) is 25.9 Å². The van der Waals surface area contributed by atoms with Gasteiger partial charge in [-0.05, 0) is 18.9 Å². The predicted molar refractivity (Wildman–Crippen MR) is 54.7 cm³/mol. The van der Waals surface area contributed by atoms with Crippen molar-refractivity contribution in [3.05, 3.63) is 0 Å². The molecule has 3 nitrogen and oxygen atoms in total. The number of rotatable bonds is 5. The zero-order valence-electron chi connectivity index (χ0n) is 8.83. The van der Waals surface area contributed by atoms with Gasteiger partial charge in [0, 0.05) is 26.2 Å². The van der Waals surface area contributed by atoms with Gasteiger partial charge in [-0.25, -0.2) is 0 Å². The fourth-order valence-electron chi connectivity index (χ4n) is 2.04. The first-order valence-corrected chi connectivity index (χ1v) is 5.24. The second kappa shape index (κ2) is 5.58. The van der Waals surface area contributed by atoms with Crippen LogP contribution >= 0.6 is 0 Å². The molecule has 1 heterocycles. The quantitative estimate of drug-likeness (QED) is 0.686. The van der Waals surface area contributed by atoms with Crippen LogP contribution < -0.4 is 5.73 Å². The summed E-state index contributed by atoms with van der Waals surface area (Å²) in [6.45, 7) is 6.16. The second-order valence-corrected chi connectivity index (χ2v) is 3.90. The van der Waals surface area contributed by atoms with Gasteiger partial charge in [0.2, 0.25) is 0 Å². The minimum absolute atomic E-state index is 0.432. The molecule has 2 atom stereocenters. The van der Waals surface area contributed by atoms with E-state index in [9.17, 15) is 0 Å². The molecule has 0 aliphatic carbocycles. The zero-order valence-corrected chi connectivity index (χ0v) is 8.83. The maximum atomic E-state index is 5.70. The molecule has 1 fully saturated rings. The van der Waals surface area contributed by atoms with Crippen LogP contribution in [0, 0.1) is 5.92 Å². The molecule has 0 aromatic rings. The van der Waals surface area contributed by atoms with Gasteiger partial charge in [-0.3, -0.25) is 4.90 Å². The standard InChI is InChI=1S/C10H22N2O/c1-3-9-4-5-12(7-9)10(6-11)8-13-2/h9-10H,3-8,11H2,1-2H3. The van der Waals surface area contributed by atoms with Gasteiger partial charge >= 0.3 is 0 Å². The van der Waals surface area contributed by atoms with E-state index in [4.69, 9.17) is 10.5 Å². The van der Waals surface area contributed by atoms with Crippen LogP contribution in [-0.2, 0) is 4.74 Å². The van der Waals surface area contributed by atoms with Crippen LogP contribution in [0.2, 0.25) is 0 Å². The molecule has 0 aromatic carbocycles. The van der Waals surface area contributed by atoms with E-state index in [1.807, 2.05) is 0 Å². The lowest BCUT2D eigenvalue weighted by molar-refractivity contribution is 0.107. The van der Waals surface area contributed by atoms with Crippen LogP contribution in [0.25, 0.3) is 0 Å². The van der Waals surface area contributed by atoms with E-state index in [0.717, 1.165) is 12.5 Å². The lowest BCUT2D eigenvalue weighted by atomic mass is 10.1. The summed E-state index contributed by atoms with van der Waals surface area (Å²) in [6.07, 6.45) is 2.62. The molecule has 1 aliphatic heterocycles. The smallest absolute Gasteiger partial charge is 0.0630 e. The van der Waals surface area contributed by atoms with E-state index in [-0.39, 0.29) is 0 Å². The Morgan fingerprint density at radius 1 is 1.62 bits per heavy atom. The molecule has 1 rings (SSSR count). The van der Waals surface area contributed by atoms with Crippen molar-refractivity contribution >= 4 is 0 Å². The maximum absolute atomic E-state index is 5.70. The number of likely N-dealkylation sites (tertiary alicyclic amines) is 1. The Morgan fingerprint density at radius 2 is 2.38 bits per heavy atom. The molecular weight excluding hydrogens is 164 g/mol.